The first-order chi connectivity index (χ1) is 12.9. The highest BCUT2D eigenvalue weighted by molar-refractivity contribution is 5.68. The summed E-state index contributed by atoms with van der Waals surface area (Å²) in [6.07, 6.45) is 3.79. The molecule has 0 bridgehead atoms. The van der Waals surface area contributed by atoms with Crippen LogP contribution >= 0.6 is 0 Å². The zero-order valence-electron chi connectivity index (χ0n) is 16.2. The summed E-state index contributed by atoms with van der Waals surface area (Å²) in [5, 5.41) is 20.0. The number of alkyl carbamates (subject to hydrolysis) is 1. The van der Waals surface area contributed by atoms with Gasteiger partial charge in [0.2, 0.25) is 5.82 Å². The maximum absolute atomic E-state index is 12.0. The summed E-state index contributed by atoms with van der Waals surface area (Å²) >= 11 is 0. The van der Waals surface area contributed by atoms with Gasteiger partial charge >= 0.3 is 6.09 Å². The second-order valence-corrected chi connectivity index (χ2v) is 8.07. The third-order valence-corrected chi connectivity index (χ3v) is 4.67. The maximum atomic E-state index is 12.0. The van der Waals surface area contributed by atoms with E-state index in [9.17, 15) is 4.79 Å². The monoisotopic (exact) mass is 369 g/mol. The minimum absolute atomic E-state index is 0.117. The fourth-order valence-corrected chi connectivity index (χ4v) is 3.36. The molecular weight excluding hydrogens is 342 g/mol. The Morgan fingerprint density at radius 1 is 1.07 bits per heavy atom. The molecule has 7 heteroatoms. The molecule has 0 spiro atoms. The van der Waals surface area contributed by atoms with Gasteiger partial charge in [0.05, 0.1) is 6.61 Å². The Balaban J connectivity index is 1.65. The molecule has 2 unspecified atom stereocenters. The van der Waals surface area contributed by atoms with E-state index in [1.807, 2.05) is 51.1 Å². The molecule has 27 heavy (non-hydrogen) atoms. The smallest absolute Gasteiger partial charge is 0.407 e. The van der Waals surface area contributed by atoms with Crippen LogP contribution < -0.4 is 5.32 Å². The van der Waals surface area contributed by atoms with Gasteiger partial charge in [-0.25, -0.2) is 4.79 Å². The minimum atomic E-state index is -0.386. The van der Waals surface area contributed by atoms with Crippen molar-refractivity contribution in [2.45, 2.75) is 57.9 Å². The summed E-state index contributed by atoms with van der Waals surface area (Å²) in [6, 6.07) is 9.68. The molecule has 1 N–H and O–H groups in total. The van der Waals surface area contributed by atoms with Crippen molar-refractivity contribution >= 4 is 6.09 Å². The van der Waals surface area contributed by atoms with E-state index in [-0.39, 0.29) is 23.5 Å². The number of carbonyl (C=O) groups excluding carboxylic acids is 1. The Morgan fingerprint density at radius 2 is 1.74 bits per heavy atom. The molecule has 1 aromatic carbocycles. The average Bonchev–Trinajstić information content (AvgIpc) is 2.66. The van der Waals surface area contributed by atoms with Crippen LogP contribution in [0.5, 0.6) is 0 Å². The highest BCUT2D eigenvalue weighted by Crippen LogP contribution is 2.36. The van der Waals surface area contributed by atoms with Crippen LogP contribution in [-0.2, 0) is 4.74 Å². The van der Waals surface area contributed by atoms with Crippen LogP contribution in [0.1, 0.15) is 58.2 Å². The number of nitrogens with one attached hydrogen (secondary N) is 1. The van der Waals surface area contributed by atoms with Gasteiger partial charge in [-0.2, -0.15) is 0 Å². The fourth-order valence-electron chi connectivity index (χ4n) is 3.36. The summed E-state index contributed by atoms with van der Waals surface area (Å²) in [7, 11) is 0. The van der Waals surface area contributed by atoms with E-state index in [0.29, 0.717) is 18.3 Å². The van der Waals surface area contributed by atoms with Gasteiger partial charge in [-0.1, -0.05) is 43.2 Å². The number of rotatable bonds is 4. The Morgan fingerprint density at radius 3 is 2.41 bits per heavy atom. The van der Waals surface area contributed by atoms with Crippen molar-refractivity contribution in [3.8, 4) is 11.4 Å². The summed E-state index contributed by atoms with van der Waals surface area (Å²) in [5.74, 6) is 1.47. The lowest BCUT2D eigenvalue weighted by Crippen LogP contribution is -2.41. The molecule has 0 saturated heterocycles. The lowest BCUT2D eigenvalue weighted by molar-refractivity contribution is 0.100. The van der Waals surface area contributed by atoms with Gasteiger partial charge in [0.25, 0.3) is 0 Å². The molecular formula is C20H27N5O2. The van der Waals surface area contributed by atoms with E-state index in [1.165, 1.54) is 0 Å². The van der Waals surface area contributed by atoms with E-state index in [2.05, 4.69) is 25.7 Å². The number of ether oxygens (including phenoxy) is 1. The molecule has 2 atom stereocenters. The molecule has 0 aliphatic heterocycles. The molecule has 0 radical (unpaired) electrons. The van der Waals surface area contributed by atoms with E-state index in [4.69, 9.17) is 4.74 Å². The Bertz CT molecular complexity index is 743. The first-order valence-electron chi connectivity index (χ1n) is 9.50. The van der Waals surface area contributed by atoms with Gasteiger partial charge in [-0.15, -0.1) is 20.4 Å². The molecule has 1 aromatic heterocycles. The lowest BCUT2D eigenvalue weighted by Gasteiger charge is -2.30. The predicted molar refractivity (Wildman–Crippen MR) is 102 cm³/mol. The molecule has 7 nitrogen and oxygen atoms in total. The number of nitrogens with zero attached hydrogens (tertiary/aromatic N) is 4. The van der Waals surface area contributed by atoms with E-state index >= 15 is 0 Å². The molecule has 3 rings (SSSR count). The summed E-state index contributed by atoms with van der Waals surface area (Å²) < 4.78 is 5.46. The number of hydrogen-bond acceptors (Lipinski definition) is 6. The molecule has 1 saturated carbocycles. The van der Waals surface area contributed by atoms with Crippen molar-refractivity contribution in [3.05, 3.63) is 36.2 Å². The van der Waals surface area contributed by atoms with Crippen LogP contribution in [0.15, 0.2) is 30.3 Å². The van der Waals surface area contributed by atoms with Crippen molar-refractivity contribution < 1.29 is 9.53 Å². The standard InChI is InChI=1S/C20H27N5O2/c1-20(2,3)21-19(26)27-13-15-11-7-8-12-16(15)18-24-22-17(23-25-18)14-9-5-4-6-10-14/h4-6,9-10,15-16H,7-8,11-13H2,1-3H3,(H,21,26). The van der Waals surface area contributed by atoms with Crippen molar-refractivity contribution in [1.82, 2.24) is 25.7 Å². The third-order valence-electron chi connectivity index (χ3n) is 4.67. The zero-order valence-corrected chi connectivity index (χ0v) is 16.2. The highest BCUT2D eigenvalue weighted by atomic mass is 16.5. The SMILES string of the molecule is CC(C)(C)NC(=O)OCC1CCCCC1c1nnc(-c2ccccc2)nn1. The second kappa shape index (κ2) is 8.41. The molecule has 1 aliphatic carbocycles. The topological polar surface area (TPSA) is 89.9 Å². The normalized spacial score (nSPS) is 20.1. The number of benzene rings is 1. The van der Waals surface area contributed by atoms with Crippen LogP contribution in [0.2, 0.25) is 0 Å². The van der Waals surface area contributed by atoms with Gasteiger partial charge in [0.15, 0.2) is 5.82 Å². The van der Waals surface area contributed by atoms with E-state index in [0.717, 1.165) is 31.2 Å². The number of aromatic nitrogens is 4. The van der Waals surface area contributed by atoms with Crippen molar-refractivity contribution in [2.75, 3.05) is 6.61 Å². The Labute approximate surface area is 160 Å². The van der Waals surface area contributed by atoms with Crippen LogP contribution in [0, 0.1) is 5.92 Å². The number of carbonyl (C=O) groups is 1. The summed E-state index contributed by atoms with van der Waals surface area (Å²) in [6.45, 7) is 6.14. The fraction of sp³-hybridized carbons (Fsp3) is 0.550. The summed E-state index contributed by atoms with van der Waals surface area (Å²) in [5.41, 5.74) is 0.583. The van der Waals surface area contributed by atoms with Crippen molar-refractivity contribution in [1.29, 1.82) is 0 Å². The van der Waals surface area contributed by atoms with Gasteiger partial charge in [0.1, 0.15) is 0 Å². The number of amides is 1. The zero-order chi connectivity index (χ0) is 19.3. The molecule has 1 aliphatic rings. The van der Waals surface area contributed by atoms with Gasteiger partial charge in [0, 0.05) is 22.9 Å². The molecule has 2 aromatic rings. The largest absolute Gasteiger partial charge is 0.449 e. The molecule has 144 valence electrons. The van der Waals surface area contributed by atoms with Gasteiger partial charge in [-0.3, -0.25) is 0 Å². The van der Waals surface area contributed by atoms with Gasteiger partial charge in [-0.05, 0) is 33.6 Å². The lowest BCUT2D eigenvalue weighted by atomic mass is 9.79. The third kappa shape index (κ3) is 5.45. The Hall–Kier alpha value is -2.57. The van der Waals surface area contributed by atoms with E-state index in [1.54, 1.807) is 0 Å². The van der Waals surface area contributed by atoms with Crippen LogP contribution in [0.25, 0.3) is 11.4 Å². The molecule has 1 fully saturated rings. The summed E-state index contributed by atoms with van der Waals surface area (Å²) in [4.78, 5) is 12.0. The molecule has 1 heterocycles. The van der Waals surface area contributed by atoms with Crippen molar-refractivity contribution in [3.63, 3.8) is 0 Å². The molecule has 1 amide bonds. The van der Waals surface area contributed by atoms with Crippen LogP contribution in [0.3, 0.4) is 0 Å². The van der Waals surface area contributed by atoms with Crippen molar-refractivity contribution in [2.24, 2.45) is 5.92 Å². The average molecular weight is 369 g/mol. The van der Waals surface area contributed by atoms with E-state index < -0.39 is 0 Å². The maximum Gasteiger partial charge on any atom is 0.407 e. The Kier molecular flexibility index (Phi) is 5.98. The van der Waals surface area contributed by atoms with Crippen LogP contribution in [-0.4, -0.2) is 38.6 Å². The quantitative estimate of drug-likeness (QED) is 0.883. The highest BCUT2D eigenvalue weighted by Gasteiger charge is 2.31. The minimum Gasteiger partial charge on any atom is -0.449 e. The number of hydrogen-bond donors (Lipinski definition) is 1. The van der Waals surface area contributed by atoms with Gasteiger partial charge < -0.3 is 10.1 Å². The first-order valence-corrected chi connectivity index (χ1v) is 9.50. The second-order valence-electron chi connectivity index (χ2n) is 8.07. The predicted octanol–water partition coefficient (Wildman–Crippen LogP) is 3.73. The van der Waals surface area contributed by atoms with Crippen LogP contribution in [0.4, 0.5) is 4.79 Å². The first kappa shape index (κ1) is 19.2.